The Morgan fingerprint density at radius 3 is 2.27 bits per heavy atom. The van der Waals surface area contributed by atoms with Crippen molar-refractivity contribution in [2.75, 3.05) is 7.11 Å². The maximum atomic E-state index is 13.6. The number of carbonyl (C=O) groups excluding carboxylic acids is 2. The van der Waals surface area contributed by atoms with E-state index in [1.807, 2.05) is 43.3 Å². The Balaban J connectivity index is 1.33. The van der Waals surface area contributed by atoms with Crippen LogP contribution in [0.5, 0.6) is 0 Å². The van der Waals surface area contributed by atoms with Gasteiger partial charge in [0.2, 0.25) is 0 Å². The van der Waals surface area contributed by atoms with Crippen LogP contribution >= 0.6 is 11.6 Å². The van der Waals surface area contributed by atoms with Crippen LogP contribution in [0, 0.1) is 0 Å². The van der Waals surface area contributed by atoms with Gasteiger partial charge in [0.1, 0.15) is 6.10 Å². The molecule has 3 aromatic rings. The highest BCUT2D eigenvalue weighted by atomic mass is 35.5. The van der Waals surface area contributed by atoms with Gasteiger partial charge < -0.3 is 9.47 Å². The highest BCUT2D eigenvalue weighted by molar-refractivity contribution is 6.36. The number of amides is 1. The number of pyridine rings is 1. The van der Waals surface area contributed by atoms with E-state index in [4.69, 9.17) is 26.1 Å². The van der Waals surface area contributed by atoms with Gasteiger partial charge in [-0.1, -0.05) is 42.0 Å². The zero-order chi connectivity index (χ0) is 35.5. The fourth-order valence-corrected chi connectivity index (χ4v) is 6.72. The van der Waals surface area contributed by atoms with E-state index in [0.717, 1.165) is 40.8 Å². The number of alkyl halides is 7. The Hall–Kier alpha value is -4.32. The summed E-state index contributed by atoms with van der Waals surface area (Å²) < 4.78 is 91.9. The number of rotatable bonds is 7. The maximum Gasteiger partial charge on any atom is 0.416 e. The lowest BCUT2D eigenvalue weighted by Crippen LogP contribution is -2.33. The van der Waals surface area contributed by atoms with Gasteiger partial charge in [-0.15, -0.1) is 11.6 Å². The Morgan fingerprint density at radius 1 is 1.02 bits per heavy atom. The van der Waals surface area contributed by atoms with E-state index in [9.17, 15) is 35.9 Å². The first-order valence-electron chi connectivity index (χ1n) is 15.5. The molecule has 0 N–H and O–H groups in total. The fourth-order valence-electron chi connectivity index (χ4n) is 6.38. The molecule has 2 aromatic carbocycles. The molecule has 0 bridgehead atoms. The van der Waals surface area contributed by atoms with Crippen LogP contribution in [0.2, 0.25) is 0 Å². The molecule has 2 fully saturated rings. The quantitative estimate of drug-likeness (QED) is 0.139. The van der Waals surface area contributed by atoms with Crippen LogP contribution in [0.1, 0.15) is 78.8 Å². The molecule has 1 aromatic heterocycles. The molecule has 1 aliphatic heterocycles. The molecule has 13 heteroatoms. The average molecular weight is 705 g/mol. The molecule has 1 amide bonds. The molecule has 258 valence electrons. The summed E-state index contributed by atoms with van der Waals surface area (Å²) >= 11 is 6.53. The van der Waals surface area contributed by atoms with E-state index in [-0.39, 0.29) is 24.9 Å². The molecule has 0 spiro atoms. The molecule has 1 unspecified atom stereocenters. The second kappa shape index (κ2) is 12.5. The molecule has 6 nitrogen and oxygen atoms in total. The number of ether oxygens (including phenoxy) is 2. The topological polar surface area (TPSA) is 68.7 Å². The molecule has 0 radical (unpaired) electrons. The summed E-state index contributed by atoms with van der Waals surface area (Å²) in [6, 6.07) is 11.7. The lowest BCUT2D eigenvalue weighted by atomic mass is 9.86. The second-order valence-electron chi connectivity index (χ2n) is 12.7. The third-order valence-electron chi connectivity index (χ3n) is 9.15. The molecule has 1 saturated carbocycles. The summed E-state index contributed by atoms with van der Waals surface area (Å²) in [5, 5.41) is 0. The number of methoxy groups -OCH3 is 1. The van der Waals surface area contributed by atoms with Crippen LogP contribution in [-0.4, -0.2) is 40.0 Å². The van der Waals surface area contributed by atoms with Gasteiger partial charge in [0, 0.05) is 23.6 Å². The Labute approximate surface area is 283 Å². The summed E-state index contributed by atoms with van der Waals surface area (Å²) in [6.07, 6.45) is -6.84. The number of hydrogen-bond acceptors (Lipinski definition) is 5. The van der Waals surface area contributed by atoms with E-state index in [1.165, 1.54) is 18.9 Å². The molecule has 3 aliphatic rings. The van der Waals surface area contributed by atoms with Crippen LogP contribution < -0.4 is 0 Å². The standard InChI is InChI=1S/C36H31ClF6N2O4/c1-19-17-34(37,32(46)48-3)12-11-27(19)22-5-4-6-23(13-22)28-9-10-29(21-7-8-21)44-30(28)18-45-20(2)31(49-33(45)47)24-14-25(35(38,39)40)16-26(15-24)36(41,42)43/h4-6,9-16,20-21,31H,7-8,17-18H2,1-3H3/t20-,31-,34?/m0/s1. The van der Waals surface area contributed by atoms with Crippen molar-refractivity contribution in [3.05, 3.63) is 106 Å². The monoisotopic (exact) mass is 704 g/mol. The van der Waals surface area contributed by atoms with Crippen molar-refractivity contribution in [3.8, 4) is 11.1 Å². The smallest absolute Gasteiger partial charge is 0.416 e. The van der Waals surface area contributed by atoms with Crippen molar-refractivity contribution in [2.45, 2.75) is 74.9 Å². The molecule has 3 atom stereocenters. The number of carbonyl (C=O) groups is 2. The number of allylic oxidation sites excluding steroid dienone is 3. The van der Waals surface area contributed by atoms with Crippen LogP contribution in [0.15, 0.2) is 72.3 Å². The summed E-state index contributed by atoms with van der Waals surface area (Å²) in [5.74, 6) is -0.304. The van der Waals surface area contributed by atoms with Gasteiger partial charge in [0.15, 0.2) is 4.87 Å². The fraction of sp³-hybridized carbons (Fsp3) is 0.361. The minimum Gasteiger partial charge on any atom is -0.467 e. The molecule has 1 saturated heterocycles. The van der Waals surface area contributed by atoms with Gasteiger partial charge in [0.25, 0.3) is 0 Å². The molecule has 6 rings (SSSR count). The molecule has 2 heterocycles. The van der Waals surface area contributed by atoms with Gasteiger partial charge >= 0.3 is 24.4 Å². The second-order valence-corrected chi connectivity index (χ2v) is 13.3. The Bertz CT molecular complexity index is 1850. The van der Waals surface area contributed by atoms with Crippen molar-refractivity contribution in [1.82, 2.24) is 9.88 Å². The first-order chi connectivity index (χ1) is 23.0. The number of hydrogen-bond donors (Lipinski definition) is 0. The minimum absolute atomic E-state index is 0.0439. The molecule has 2 aliphatic carbocycles. The first kappa shape index (κ1) is 34.5. The van der Waals surface area contributed by atoms with Crippen LogP contribution in [-0.2, 0) is 33.2 Å². The van der Waals surface area contributed by atoms with Crippen LogP contribution in [0.4, 0.5) is 31.1 Å². The summed E-state index contributed by atoms with van der Waals surface area (Å²) in [7, 11) is 1.27. The molecule has 49 heavy (non-hydrogen) atoms. The average Bonchev–Trinajstić information content (AvgIpc) is 3.86. The highest BCUT2D eigenvalue weighted by Crippen LogP contribution is 2.44. The van der Waals surface area contributed by atoms with Crippen molar-refractivity contribution in [3.63, 3.8) is 0 Å². The zero-order valence-corrected chi connectivity index (χ0v) is 27.3. The van der Waals surface area contributed by atoms with Gasteiger partial charge in [-0.05, 0) is 79.3 Å². The largest absolute Gasteiger partial charge is 0.467 e. The molecular weight excluding hydrogens is 674 g/mol. The van der Waals surface area contributed by atoms with Gasteiger partial charge in [-0.2, -0.15) is 26.3 Å². The highest BCUT2D eigenvalue weighted by Gasteiger charge is 2.44. The van der Waals surface area contributed by atoms with Crippen molar-refractivity contribution in [1.29, 1.82) is 0 Å². The number of esters is 1. The predicted molar refractivity (Wildman–Crippen MR) is 169 cm³/mol. The van der Waals surface area contributed by atoms with E-state index < -0.39 is 58.1 Å². The van der Waals surface area contributed by atoms with E-state index in [0.29, 0.717) is 23.4 Å². The molecular formula is C36H31ClF6N2O4. The maximum absolute atomic E-state index is 13.6. The Morgan fingerprint density at radius 2 is 1.67 bits per heavy atom. The normalized spacial score (nSPS) is 22.8. The number of halogens is 7. The summed E-state index contributed by atoms with van der Waals surface area (Å²) in [4.78, 5) is 30.3. The van der Waals surface area contributed by atoms with E-state index in [1.54, 1.807) is 12.2 Å². The van der Waals surface area contributed by atoms with Gasteiger partial charge in [-0.25, -0.2) is 9.59 Å². The lowest BCUT2D eigenvalue weighted by molar-refractivity contribution is -0.144. The van der Waals surface area contributed by atoms with Crippen molar-refractivity contribution >= 4 is 29.2 Å². The third kappa shape index (κ3) is 6.92. The Kier molecular flexibility index (Phi) is 8.83. The van der Waals surface area contributed by atoms with Gasteiger partial charge in [-0.3, -0.25) is 9.88 Å². The number of aromatic nitrogens is 1. The SMILES string of the molecule is COC(=O)C1(Cl)C=CC(c2cccc(-c3ccc(C4CC4)nc3CN3C(=O)O[C@H](c4cc(C(F)(F)F)cc(C(F)(F)F)c4)[C@@H]3C)c2)=C(C)C1. The van der Waals surface area contributed by atoms with Crippen molar-refractivity contribution in [2.24, 2.45) is 0 Å². The number of benzene rings is 2. The van der Waals surface area contributed by atoms with Crippen LogP contribution in [0.25, 0.3) is 16.7 Å². The minimum atomic E-state index is -5.05. The lowest BCUT2D eigenvalue weighted by Gasteiger charge is -2.26. The number of nitrogens with zero attached hydrogens (tertiary/aromatic N) is 2. The van der Waals surface area contributed by atoms with Crippen LogP contribution in [0.3, 0.4) is 0 Å². The van der Waals surface area contributed by atoms with E-state index in [2.05, 4.69) is 0 Å². The number of cyclic esters (lactones) is 1. The first-order valence-corrected chi connectivity index (χ1v) is 15.9. The van der Waals surface area contributed by atoms with Crippen molar-refractivity contribution < 1.29 is 45.4 Å². The van der Waals surface area contributed by atoms with Gasteiger partial charge in [0.05, 0.1) is 36.5 Å². The van der Waals surface area contributed by atoms with E-state index >= 15 is 0 Å². The summed E-state index contributed by atoms with van der Waals surface area (Å²) in [6.45, 7) is 3.29. The zero-order valence-electron chi connectivity index (χ0n) is 26.6. The summed E-state index contributed by atoms with van der Waals surface area (Å²) in [5.41, 5.74) is 1.97. The predicted octanol–water partition coefficient (Wildman–Crippen LogP) is 9.63. The third-order valence-corrected chi connectivity index (χ3v) is 9.56.